The van der Waals surface area contributed by atoms with Gasteiger partial charge in [0, 0.05) is 11.5 Å². The second kappa shape index (κ2) is 11.0. The molecule has 202 valence electrons. The zero-order valence-electron chi connectivity index (χ0n) is 19.8. The number of allylic oxidation sites excluding steroid dienone is 1. The average Bonchev–Trinajstić information content (AvgIpc) is 2.87. The molecule has 0 amide bonds. The fourth-order valence-corrected chi connectivity index (χ4v) is 3.79. The van der Waals surface area contributed by atoms with Crippen LogP contribution in [0.25, 0.3) is 11.1 Å². The summed E-state index contributed by atoms with van der Waals surface area (Å²) in [6, 6.07) is 11.3. The van der Waals surface area contributed by atoms with Gasteiger partial charge in [-0.05, 0) is 54.4 Å². The zero-order valence-corrected chi connectivity index (χ0v) is 19.8. The molecule has 3 aromatic carbocycles. The van der Waals surface area contributed by atoms with Crippen molar-refractivity contribution in [3.8, 4) is 22.6 Å². The van der Waals surface area contributed by atoms with Gasteiger partial charge in [-0.2, -0.15) is 8.78 Å². The average molecular weight is 542 g/mol. The monoisotopic (exact) mass is 542 g/mol. The molecule has 1 aliphatic rings. The maximum Gasteiger partial charge on any atom is 0.573 e. The van der Waals surface area contributed by atoms with Crippen molar-refractivity contribution in [3.63, 3.8) is 0 Å². The summed E-state index contributed by atoms with van der Waals surface area (Å²) in [6.45, 7) is 2.77. The number of benzene rings is 3. The van der Waals surface area contributed by atoms with Gasteiger partial charge in [0.2, 0.25) is 5.75 Å². The van der Waals surface area contributed by atoms with Crippen LogP contribution < -0.4 is 9.47 Å². The third-order valence-corrected chi connectivity index (χ3v) is 5.56. The third kappa shape index (κ3) is 6.65. The molecule has 4 rings (SSSR count). The minimum absolute atomic E-state index is 0.125. The molecule has 3 aromatic rings. The fraction of sp³-hybridized carbons (Fsp3) is 0.259. The summed E-state index contributed by atoms with van der Waals surface area (Å²) in [5, 5.41) is 0. The van der Waals surface area contributed by atoms with Crippen LogP contribution in [0.2, 0.25) is 0 Å². The van der Waals surface area contributed by atoms with Crippen molar-refractivity contribution >= 4 is 0 Å². The third-order valence-electron chi connectivity index (χ3n) is 5.56. The normalized spacial score (nSPS) is 18.5. The molecule has 0 aliphatic carbocycles. The highest BCUT2D eigenvalue weighted by Crippen LogP contribution is 2.36. The molecule has 0 atom stereocenters. The van der Waals surface area contributed by atoms with E-state index in [0.29, 0.717) is 30.9 Å². The lowest BCUT2D eigenvalue weighted by Gasteiger charge is -2.28. The number of rotatable bonds is 7. The van der Waals surface area contributed by atoms with Crippen LogP contribution >= 0.6 is 0 Å². The molecule has 0 aromatic heterocycles. The minimum atomic E-state index is -5.28. The van der Waals surface area contributed by atoms with Gasteiger partial charge >= 0.3 is 12.5 Å². The van der Waals surface area contributed by atoms with E-state index in [1.54, 1.807) is 0 Å². The van der Waals surface area contributed by atoms with E-state index >= 15 is 0 Å². The van der Waals surface area contributed by atoms with Gasteiger partial charge in [0.05, 0.1) is 18.8 Å². The molecule has 0 bridgehead atoms. The Kier molecular flexibility index (Phi) is 7.98. The van der Waals surface area contributed by atoms with Gasteiger partial charge in [0.1, 0.15) is 5.75 Å². The van der Waals surface area contributed by atoms with Crippen molar-refractivity contribution in [2.45, 2.75) is 25.7 Å². The Hall–Kier alpha value is -3.57. The standard InChI is InChI=1S/C27H21F7O4/c1-2-3-16-14-35-25(36-15-16)18-4-8-20(9-5-18)26(30,31)37-21-10-6-17(7-11-21)19-12-22(28)24(23(29)13-19)38-27(32,33)34/h2-13,16,25H,14-15H2,1H3/b3-2+. The lowest BCUT2D eigenvalue weighted by molar-refractivity contribution is -0.276. The van der Waals surface area contributed by atoms with Gasteiger partial charge in [-0.15, -0.1) is 13.2 Å². The molecule has 1 fully saturated rings. The molecule has 0 radical (unpaired) electrons. The van der Waals surface area contributed by atoms with E-state index in [0.717, 1.165) is 12.1 Å². The van der Waals surface area contributed by atoms with Crippen molar-refractivity contribution in [1.82, 2.24) is 0 Å². The summed E-state index contributed by atoms with van der Waals surface area (Å²) in [4.78, 5) is 0. The SMILES string of the molecule is C/C=C/C1COC(c2ccc(C(F)(F)Oc3ccc(-c4cc(F)c(OC(F)(F)F)c(F)c4)cc3)cc2)OC1. The first kappa shape index (κ1) is 27.5. The molecule has 4 nitrogen and oxygen atoms in total. The Morgan fingerprint density at radius 2 is 1.37 bits per heavy atom. The van der Waals surface area contributed by atoms with Gasteiger partial charge in [-0.1, -0.05) is 36.4 Å². The first-order valence-corrected chi connectivity index (χ1v) is 11.3. The summed E-state index contributed by atoms with van der Waals surface area (Å²) in [5.41, 5.74) is 0.148. The lowest BCUT2D eigenvalue weighted by atomic mass is 10.0. The number of halogens is 7. The van der Waals surface area contributed by atoms with Crippen molar-refractivity contribution in [1.29, 1.82) is 0 Å². The Balaban J connectivity index is 1.42. The van der Waals surface area contributed by atoms with E-state index in [9.17, 15) is 30.7 Å². The second-order valence-corrected chi connectivity index (χ2v) is 8.37. The fourth-order valence-electron chi connectivity index (χ4n) is 3.79. The highest BCUT2D eigenvalue weighted by Gasteiger charge is 2.36. The summed E-state index contributed by atoms with van der Waals surface area (Å²) in [6.07, 6.45) is -5.81. The van der Waals surface area contributed by atoms with E-state index in [1.807, 2.05) is 19.1 Å². The van der Waals surface area contributed by atoms with E-state index in [-0.39, 0.29) is 22.8 Å². The predicted molar refractivity (Wildman–Crippen MR) is 122 cm³/mol. The highest BCUT2D eigenvalue weighted by atomic mass is 19.4. The molecule has 0 N–H and O–H groups in total. The number of ether oxygens (including phenoxy) is 4. The van der Waals surface area contributed by atoms with Crippen LogP contribution in [0.5, 0.6) is 11.5 Å². The van der Waals surface area contributed by atoms with E-state index < -0.39 is 41.7 Å². The predicted octanol–water partition coefficient (Wildman–Crippen LogP) is 7.90. The Bertz CT molecular complexity index is 1240. The van der Waals surface area contributed by atoms with Gasteiger partial charge in [-0.3, -0.25) is 0 Å². The van der Waals surface area contributed by atoms with Crippen LogP contribution in [-0.4, -0.2) is 19.6 Å². The quantitative estimate of drug-likeness (QED) is 0.225. The number of hydrogen-bond donors (Lipinski definition) is 0. The van der Waals surface area contributed by atoms with Crippen molar-refractivity contribution in [2.24, 2.45) is 5.92 Å². The van der Waals surface area contributed by atoms with Crippen LogP contribution in [0.4, 0.5) is 30.7 Å². The Labute approximate surface area is 213 Å². The highest BCUT2D eigenvalue weighted by molar-refractivity contribution is 5.65. The number of hydrogen-bond acceptors (Lipinski definition) is 4. The smallest absolute Gasteiger partial charge is 0.429 e. The molecule has 1 aliphatic heterocycles. The van der Waals surface area contributed by atoms with Crippen LogP contribution in [0.15, 0.2) is 72.8 Å². The maximum atomic E-state index is 14.8. The molecular formula is C27H21F7O4. The minimum Gasteiger partial charge on any atom is -0.429 e. The Morgan fingerprint density at radius 3 is 1.89 bits per heavy atom. The molecule has 38 heavy (non-hydrogen) atoms. The van der Waals surface area contributed by atoms with Crippen LogP contribution in [0, 0.1) is 17.6 Å². The topological polar surface area (TPSA) is 36.9 Å². The van der Waals surface area contributed by atoms with Gasteiger partial charge < -0.3 is 18.9 Å². The van der Waals surface area contributed by atoms with E-state index in [2.05, 4.69) is 4.74 Å². The summed E-state index contributed by atoms with van der Waals surface area (Å²) < 4.78 is 114. The van der Waals surface area contributed by atoms with Gasteiger partial charge in [0.15, 0.2) is 17.9 Å². The molecule has 1 heterocycles. The second-order valence-electron chi connectivity index (χ2n) is 8.37. The zero-order chi connectivity index (χ0) is 27.5. The molecular weight excluding hydrogens is 521 g/mol. The van der Waals surface area contributed by atoms with Crippen molar-refractivity contribution in [3.05, 3.63) is 95.6 Å². The van der Waals surface area contributed by atoms with E-state index in [4.69, 9.17) is 14.2 Å². The lowest BCUT2D eigenvalue weighted by Crippen LogP contribution is -2.26. The van der Waals surface area contributed by atoms with Gasteiger partial charge in [-0.25, -0.2) is 8.78 Å². The van der Waals surface area contributed by atoms with Crippen molar-refractivity contribution in [2.75, 3.05) is 13.2 Å². The first-order valence-electron chi connectivity index (χ1n) is 11.3. The molecule has 11 heteroatoms. The molecule has 0 spiro atoms. The van der Waals surface area contributed by atoms with Crippen LogP contribution in [-0.2, 0) is 15.6 Å². The van der Waals surface area contributed by atoms with Gasteiger partial charge in [0.25, 0.3) is 0 Å². The first-order chi connectivity index (χ1) is 17.9. The maximum absolute atomic E-state index is 14.8. The summed E-state index contributed by atoms with van der Waals surface area (Å²) >= 11 is 0. The summed E-state index contributed by atoms with van der Waals surface area (Å²) in [7, 11) is 0. The molecule has 1 saturated heterocycles. The Morgan fingerprint density at radius 1 is 0.789 bits per heavy atom. The molecule has 0 unspecified atom stereocenters. The van der Waals surface area contributed by atoms with E-state index in [1.165, 1.54) is 36.4 Å². The van der Waals surface area contributed by atoms with Crippen LogP contribution in [0.3, 0.4) is 0 Å². The van der Waals surface area contributed by atoms with Crippen molar-refractivity contribution < 1.29 is 49.7 Å². The van der Waals surface area contributed by atoms with Crippen LogP contribution in [0.1, 0.15) is 24.3 Å². The largest absolute Gasteiger partial charge is 0.573 e. The number of alkyl halides is 5. The summed E-state index contributed by atoms with van der Waals surface area (Å²) in [5.74, 6) is -4.87. The molecule has 0 saturated carbocycles.